The first-order valence-corrected chi connectivity index (χ1v) is 5.18. The number of carbonyl (C=O) groups is 1. The average Bonchev–Trinajstić information content (AvgIpc) is 2.57. The first-order valence-electron chi connectivity index (χ1n) is 5.18. The Morgan fingerprint density at radius 3 is 2.75 bits per heavy atom. The number of aromatic nitrogens is 2. The summed E-state index contributed by atoms with van der Waals surface area (Å²) in [5.74, 6) is -0.379. The molecular formula is C10H18N4O2. The Labute approximate surface area is 94.2 Å². The van der Waals surface area contributed by atoms with Crippen LogP contribution in [-0.4, -0.2) is 33.4 Å². The largest absolute Gasteiger partial charge is 0.395 e. The summed E-state index contributed by atoms with van der Waals surface area (Å²) in [6.07, 6.45) is 0.558. The van der Waals surface area contributed by atoms with E-state index in [1.807, 2.05) is 6.92 Å². The highest BCUT2D eigenvalue weighted by Crippen LogP contribution is 2.12. The number of amides is 1. The maximum Gasteiger partial charge on any atom is 0.274 e. The molecule has 1 rings (SSSR count). The molecule has 1 amide bonds. The SMILES string of the molecule is CCC(C)(O)CNC(=O)c1n[nH]c(C)c1N. The van der Waals surface area contributed by atoms with Crippen LogP contribution in [0.1, 0.15) is 36.5 Å². The molecule has 0 radical (unpaired) electrons. The molecule has 0 fully saturated rings. The van der Waals surface area contributed by atoms with Crippen LogP contribution in [0.4, 0.5) is 5.69 Å². The van der Waals surface area contributed by atoms with Gasteiger partial charge in [-0.25, -0.2) is 0 Å². The maximum atomic E-state index is 11.7. The summed E-state index contributed by atoms with van der Waals surface area (Å²) in [7, 11) is 0. The van der Waals surface area contributed by atoms with Crippen LogP contribution in [0, 0.1) is 6.92 Å². The van der Waals surface area contributed by atoms with Gasteiger partial charge in [-0.2, -0.15) is 5.10 Å². The lowest BCUT2D eigenvalue weighted by molar-refractivity contribution is 0.0517. The highest BCUT2D eigenvalue weighted by Gasteiger charge is 2.21. The van der Waals surface area contributed by atoms with Gasteiger partial charge in [0.2, 0.25) is 0 Å². The number of nitrogen functional groups attached to an aromatic ring is 1. The predicted octanol–water partition coefficient (Wildman–Crippen LogP) is 0.191. The third-order valence-electron chi connectivity index (χ3n) is 2.60. The minimum Gasteiger partial charge on any atom is -0.395 e. The summed E-state index contributed by atoms with van der Waals surface area (Å²) in [4.78, 5) is 11.7. The lowest BCUT2D eigenvalue weighted by Gasteiger charge is -2.21. The van der Waals surface area contributed by atoms with Crippen molar-refractivity contribution < 1.29 is 9.90 Å². The highest BCUT2D eigenvalue weighted by molar-refractivity contribution is 5.97. The van der Waals surface area contributed by atoms with Crippen molar-refractivity contribution in [2.24, 2.45) is 0 Å². The molecule has 0 aliphatic rings. The van der Waals surface area contributed by atoms with Crippen LogP contribution in [0.5, 0.6) is 0 Å². The maximum absolute atomic E-state index is 11.7. The lowest BCUT2D eigenvalue weighted by atomic mass is 10.0. The third-order valence-corrected chi connectivity index (χ3v) is 2.60. The van der Waals surface area contributed by atoms with Crippen molar-refractivity contribution in [3.8, 4) is 0 Å². The van der Waals surface area contributed by atoms with Gasteiger partial charge in [0.05, 0.1) is 17.0 Å². The Morgan fingerprint density at radius 2 is 2.31 bits per heavy atom. The van der Waals surface area contributed by atoms with E-state index in [4.69, 9.17) is 5.73 Å². The van der Waals surface area contributed by atoms with Crippen LogP contribution in [0.2, 0.25) is 0 Å². The number of H-pyrrole nitrogens is 1. The average molecular weight is 226 g/mol. The molecule has 6 heteroatoms. The number of aryl methyl sites for hydroxylation is 1. The Balaban J connectivity index is 2.64. The van der Waals surface area contributed by atoms with Crippen LogP contribution in [0.25, 0.3) is 0 Å². The quantitative estimate of drug-likeness (QED) is 0.588. The number of aromatic amines is 1. The number of hydrogen-bond donors (Lipinski definition) is 4. The van der Waals surface area contributed by atoms with E-state index < -0.39 is 5.60 Å². The Bertz CT molecular complexity index is 384. The van der Waals surface area contributed by atoms with E-state index in [1.165, 1.54) is 0 Å². The highest BCUT2D eigenvalue weighted by atomic mass is 16.3. The minimum absolute atomic E-state index is 0.171. The number of hydrogen-bond acceptors (Lipinski definition) is 4. The van der Waals surface area contributed by atoms with E-state index >= 15 is 0 Å². The molecule has 1 unspecified atom stereocenters. The van der Waals surface area contributed by atoms with Gasteiger partial charge < -0.3 is 16.2 Å². The second-order valence-electron chi connectivity index (χ2n) is 4.14. The van der Waals surface area contributed by atoms with Crippen molar-refractivity contribution in [2.45, 2.75) is 32.8 Å². The summed E-state index contributed by atoms with van der Waals surface area (Å²) in [6, 6.07) is 0. The van der Waals surface area contributed by atoms with E-state index in [0.717, 1.165) is 0 Å². The van der Waals surface area contributed by atoms with Crippen molar-refractivity contribution >= 4 is 11.6 Å². The second kappa shape index (κ2) is 4.52. The summed E-state index contributed by atoms with van der Waals surface area (Å²) in [5.41, 5.74) is 5.92. The standard InChI is InChI=1S/C10H18N4O2/c1-4-10(3,16)5-12-9(15)8-7(11)6(2)13-14-8/h16H,4-5,11H2,1-3H3,(H,12,15)(H,13,14). The van der Waals surface area contributed by atoms with Gasteiger partial charge in [0, 0.05) is 6.54 Å². The van der Waals surface area contributed by atoms with E-state index in [2.05, 4.69) is 15.5 Å². The molecule has 90 valence electrons. The van der Waals surface area contributed by atoms with Crippen LogP contribution in [0.3, 0.4) is 0 Å². The molecule has 1 aromatic heterocycles. The number of rotatable bonds is 4. The number of nitrogens with two attached hydrogens (primary N) is 1. The zero-order valence-corrected chi connectivity index (χ0v) is 9.79. The lowest BCUT2D eigenvalue weighted by Crippen LogP contribution is -2.40. The van der Waals surface area contributed by atoms with E-state index in [9.17, 15) is 9.90 Å². The molecule has 0 bridgehead atoms. The van der Waals surface area contributed by atoms with Crippen LogP contribution < -0.4 is 11.1 Å². The molecule has 1 heterocycles. The van der Waals surface area contributed by atoms with Crippen molar-refractivity contribution in [1.82, 2.24) is 15.5 Å². The Kier molecular flexibility index (Phi) is 3.54. The van der Waals surface area contributed by atoms with E-state index in [1.54, 1.807) is 13.8 Å². The number of nitrogens with one attached hydrogen (secondary N) is 2. The fourth-order valence-corrected chi connectivity index (χ4v) is 1.09. The van der Waals surface area contributed by atoms with Crippen LogP contribution in [-0.2, 0) is 0 Å². The predicted molar refractivity (Wildman–Crippen MR) is 61.0 cm³/mol. The van der Waals surface area contributed by atoms with Gasteiger partial charge in [0.1, 0.15) is 0 Å². The normalized spacial score (nSPS) is 14.5. The van der Waals surface area contributed by atoms with Crippen molar-refractivity contribution in [3.63, 3.8) is 0 Å². The number of carbonyl (C=O) groups excluding carboxylic acids is 1. The zero-order valence-electron chi connectivity index (χ0n) is 9.79. The molecule has 16 heavy (non-hydrogen) atoms. The minimum atomic E-state index is -0.907. The van der Waals surface area contributed by atoms with Crippen molar-refractivity contribution in [3.05, 3.63) is 11.4 Å². The first-order chi connectivity index (χ1) is 7.37. The molecule has 0 aliphatic carbocycles. The van der Waals surface area contributed by atoms with Crippen molar-refractivity contribution in [1.29, 1.82) is 0 Å². The molecule has 0 aliphatic heterocycles. The molecule has 0 spiro atoms. The molecule has 1 aromatic rings. The van der Waals surface area contributed by atoms with E-state index in [0.29, 0.717) is 17.8 Å². The molecular weight excluding hydrogens is 208 g/mol. The first kappa shape index (κ1) is 12.5. The molecule has 6 nitrogen and oxygen atoms in total. The molecule has 0 aromatic carbocycles. The third kappa shape index (κ3) is 2.73. The van der Waals surface area contributed by atoms with Gasteiger partial charge in [-0.3, -0.25) is 9.89 Å². The monoisotopic (exact) mass is 226 g/mol. The topological polar surface area (TPSA) is 104 Å². The molecule has 1 atom stereocenters. The number of aliphatic hydroxyl groups is 1. The van der Waals surface area contributed by atoms with E-state index in [-0.39, 0.29) is 18.1 Å². The zero-order chi connectivity index (χ0) is 12.3. The molecule has 0 saturated carbocycles. The fraction of sp³-hybridized carbons (Fsp3) is 0.600. The summed E-state index contributed by atoms with van der Waals surface area (Å²) < 4.78 is 0. The van der Waals surface area contributed by atoms with Gasteiger partial charge in [0.25, 0.3) is 5.91 Å². The Hall–Kier alpha value is -1.56. The van der Waals surface area contributed by atoms with Gasteiger partial charge >= 0.3 is 0 Å². The van der Waals surface area contributed by atoms with Gasteiger partial charge in [-0.05, 0) is 20.3 Å². The molecule has 5 N–H and O–H groups in total. The smallest absolute Gasteiger partial charge is 0.274 e. The molecule has 0 saturated heterocycles. The second-order valence-corrected chi connectivity index (χ2v) is 4.14. The Morgan fingerprint density at radius 1 is 1.69 bits per heavy atom. The fourth-order valence-electron chi connectivity index (χ4n) is 1.09. The van der Waals surface area contributed by atoms with Gasteiger partial charge in [-0.1, -0.05) is 6.92 Å². The summed E-state index contributed by atoms with van der Waals surface area (Å²) >= 11 is 0. The van der Waals surface area contributed by atoms with Crippen LogP contribution >= 0.6 is 0 Å². The number of anilines is 1. The van der Waals surface area contributed by atoms with Gasteiger partial charge in [-0.15, -0.1) is 0 Å². The van der Waals surface area contributed by atoms with Gasteiger partial charge in [0.15, 0.2) is 5.69 Å². The van der Waals surface area contributed by atoms with Crippen molar-refractivity contribution in [2.75, 3.05) is 12.3 Å². The summed E-state index contributed by atoms with van der Waals surface area (Å²) in [6.45, 7) is 5.42. The van der Waals surface area contributed by atoms with Crippen LogP contribution in [0.15, 0.2) is 0 Å². The summed E-state index contributed by atoms with van der Waals surface area (Å²) in [5, 5.41) is 18.7. The number of nitrogens with zero attached hydrogens (tertiary/aromatic N) is 1.